The van der Waals surface area contributed by atoms with Crippen LogP contribution in [-0.4, -0.2) is 24.7 Å². The molecule has 0 spiro atoms. The fourth-order valence-corrected chi connectivity index (χ4v) is 2.10. The number of nitrogens with zero attached hydrogens (tertiary/aromatic N) is 5. The van der Waals surface area contributed by atoms with Crippen molar-refractivity contribution in [2.45, 2.75) is 6.54 Å². The van der Waals surface area contributed by atoms with Gasteiger partial charge >= 0.3 is 0 Å². The van der Waals surface area contributed by atoms with Gasteiger partial charge in [0.25, 0.3) is 5.69 Å². The summed E-state index contributed by atoms with van der Waals surface area (Å²) in [6, 6.07) is 6.68. The number of hydrogen-bond acceptors (Lipinski definition) is 6. The lowest BCUT2D eigenvalue weighted by Crippen LogP contribution is -2.06. The maximum atomic E-state index is 11.0. The first-order chi connectivity index (χ1) is 10.2. The summed E-state index contributed by atoms with van der Waals surface area (Å²) in [6.45, 7) is 0.471. The minimum Gasteiger partial charge on any atom is -0.377 e. The Hall–Kier alpha value is -3.03. The molecule has 3 rings (SSSR count). The van der Waals surface area contributed by atoms with Crippen molar-refractivity contribution in [2.24, 2.45) is 7.05 Å². The topological polar surface area (TPSA) is 98.8 Å². The van der Waals surface area contributed by atoms with Gasteiger partial charge in [-0.25, -0.2) is 4.98 Å². The molecule has 3 aromatic rings. The first kappa shape index (κ1) is 13.0. The molecule has 0 radical (unpaired) electrons. The number of aryl methyl sites for hydroxylation is 1. The van der Waals surface area contributed by atoms with E-state index in [1.54, 1.807) is 35.3 Å². The van der Waals surface area contributed by atoms with Crippen molar-refractivity contribution in [1.82, 2.24) is 19.7 Å². The molecule has 0 bridgehead atoms. The predicted octanol–water partition coefficient (Wildman–Crippen LogP) is 1.88. The van der Waals surface area contributed by atoms with Crippen molar-refractivity contribution in [3.8, 4) is 0 Å². The lowest BCUT2D eigenvalue weighted by atomic mass is 10.1. The van der Waals surface area contributed by atoms with Gasteiger partial charge in [-0.05, 0) is 18.2 Å². The molecule has 0 aliphatic heterocycles. The van der Waals surface area contributed by atoms with Gasteiger partial charge in [0.05, 0.1) is 11.5 Å². The molecule has 1 N–H and O–H groups in total. The van der Waals surface area contributed by atoms with Crippen LogP contribution in [0.5, 0.6) is 0 Å². The van der Waals surface area contributed by atoms with E-state index < -0.39 is 4.92 Å². The first-order valence-corrected chi connectivity index (χ1v) is 6.25. The number of nitro benzene ring substituents is 1. The van der Waals surface area contributed by atoms with E-state index in [4.69, 9.17) is 0 Å². The molecule has 0 atom stereocenters. The zero-order chi connectivity index (χ0) is 14.8. The number of non-ortho nitro benzene ring substituents is 1. The molecule has 0 unspecified atom stereocenters. The molecule has 106 valence electrons. The second-order valence-corrected chi connectivity index (χ2v) is 4.50. The molecule has 8 nitrogen and oxygen atoms in total. The highest BCUT2D eigenvalue weighted by atomic mass is 16.6. The second kappa shape index (κ2) is 5.16. The zero-order valence-electron chi connectivity index (χ0n) is 11.2. The third kappa shape index (κ3) is 2.38. The lowest BCUT2D eigenvalue weighted by Gasteiger charge is -2.09. The highest BCUT2D eigenvalue weighted by molar-refractivity contribution is 5.96. The van der Waals surface area contributed by atoms with Crippen LogP contribution in [-0.2, 0) is 13.6 Å². The van der Waals surface area contributed by atoms with Crippen LogP contribution in [0.3, 0.4) is 0 Å². The van der Waals surface area contributed by atoms with E-state index in [2.05, 4.69) is 20.5 Å². The summed E-state index contributed by atoms with van der Waals surface area (Å²) in [4.78, 5) is 14.7. The van der Waals surface area contributed by atoms with Gasteiger partial charge in [0, 0.05) is 30.4 Å². The monoisotopic (exact) mass is 284 g/mol. The van der Waals surface area contributed by atoms with E-state index >= 15 is 0 Å². The van der Waals surface area contributed by atoms with Gasteiger partial charge in [-0.1, -0.05) is 0 Å². The molecule has 21 heavy (non-hydrogen) atoms. The average Bonchev–Trinajstić information content (AvgIpc) is 2.89. The smallest absolute Gasteiger partial charge is 0.295 e. The van der Waals surface area contributed by atoms with Gasteiger partial charge in [-0.2, -0.15) is 0 Å². The number of nitro groups is 1. The fraction of sp³-hybridized carbons (Fsp3) is 0.154. The van der Waals surface area contributed by atoms with Crippen molar-refractivity contribution in [3.63, 3.8) is 0 Å². The largest absolute Gasteiger partial charge is 0.377 e. The number of fused-ring (bicyclic) bond motifs is 1. The summed E-state index contributed by atoms with van der Waals surface area (Å²) < 4.78 is 1.80. The Kier molecular flexibility index (Phi) is 3.19. The van der Waals surface area contributed by atoms with Crippen LogP contribution in [0, 0.1) is 10.1 Å². The highest BCUT2D eigenvalue weighted by Crippen LogP contribution is 2.29. The fourth-order valence-electron chi connectivity index (χ4n) is 2.10. The van der Waals surface area contributed by atoms with E-state index in [1.807, 2.05) is 7.05 Å². The Balaban J connectivity index is 1.98. The average molecular weight is 284 g/mol. The number of aromatic nitrogens is 4. The maximum Gasteiger partial charge on any atom is 0.295 e. The van der Waals surface area contributed by atoms with Crippen LogP contribution in [0.1, 0.15) is 5.82 Å². The third-order valence-electron chi connectivity index (χ3n) is 3.19. The minimum atomic E-state index is -0.429. The van der Waals surface area contributed by atoms with Crippen molar-refractivity contribution in [3.05, 3.63) is 52.7 Å². The second-order valence-electron chi connectivity index (χ2n) is 4.50. The van der Waals surface area contributed by atoms with E-state index in [1.165, 1.54) is 6.07 Å². The zero-order valence-corrected chi connectivity index (χ0v) is 11.2. The molecule has 2 aromatic heterocycles. The van der Waals surface area contributed by atoms with Gasteiger partial charge in [-0.15, -0.1) is 10.2 Å². The van der Waals surface area contributed by atoms with E-state index in [9.17, 15) is 10.1 Å². The van der Waals surface area contributed by atoms with Gasteiger partial charge in [0.1, 0.15) is 11.8 Å². The highest BCUT2D eigenvalue weighted by Gasteiger charge is 2.15. The van der Waals surface area contributed by atoms with Crippen molar-refractivity contribution < 1.29 is 4.92 Å². The summed E-state index contributed by atoms with van der Waals surface area (Å²) in [6.07, 6.45) is 3.16. The molecule has 0 aliphatic rings. The van der Waals surface area contributed by atoms with Gasteiger partial charge in [-0.3, -0.25) is 10.1 Å². The molecular formula is C13H12N6O2. The van der Waals surface area contributed by atoms with Crippen molar-refractivity contribution in [2.75, 3.05) is 5.32 Å². The molecule has 0 amide bonds. The molecule has 0 saturated carbocycles. The number of nitrogens with one attached hydrogen (secondary N) is 1. The number of pyridine rings is 1. The van der Waals surface area contributed by atoms with Crippen LogP contribution in [0.2, 0.25) is 0 Å². The van der Waals surface area contributed by atoms with Gasteiger partial charge in [0.2, 0.25) is 0 Å². The number of anilines is 1. The van der Waals surface area contributed by atoms with Gasteiger partial charge in [0.15, 0.2) is 5.82 Å². The third-order valence-corrected chi connectivity index (χ3v) is 3.19. The summed E-state index contributed by atoms with van der Waals surface area (Å²) in [5, 5.41) is 22.7. The number of hydrogen-bond donors (Lipinski definition) is 1. The van der Waals surface area contributed by atoms with Crippen LogP contribution in [0.4, 0.5) is 11.4 Å². The maximum absolute atomic E-state index is 11.0. The summed E-state index contributed by atoms with van der Waals surface area (Å²) in [5.74, 6) is 0.769. The standard InChI is InChI=1S/C13H12N6O2/c1-18-8-16-17-12(18)7-15-10-4-5-11(19(20)21)13-9(10)3-2-6-14-13/h2-6,8,15H,7H2,1H3. The Morgan fingerprint density at radius 1 is 1.38 bits per heavy atom. The number of benzene rings is 1. The van der Waals surface area contributed by atoms with E-state index in [0.29, 0.717) is 17.4 Å². The Labute approximate surface area is 119 Å². The molecular weight excluding hydrogens is 272 g/mol. The molecule has 0 saturated heterocycles. The Morgan fingerprint density at radius 2 is 2.24 bits per heavy atom. The first-order valence-electron chi connectivity index (χ1n) is 6.25. The summed E-state index contributed by atoms with van der Waals surface area (Å²) in [5.41, 5.74) is 1.13. The molecule has 1 aromatic carbocycles. The van der Waals surface area contributed by atoms with Crippen molar-refractivity contribution >= 4 is 22.3 Å². The predicted molar refractivity (Wildman–Crippen MR) is 76.7 cm³/mol. The summed E-state index contributed by atoms with van der Waals surface area (Å²) >= 11 is 0. The van der Waals surface area contributed by atoms with Crippen LogP contribution in [0.15, 0.2) is 36.8 Å². The van der Waals surface area contributed by atoms with Crippen LogP contribution in [0.25, 0.3) is 10.9 Å². The Morgan fingerprint density at radius 3 is 2.95 bits per heavy atom. The summed E-state index contributed by atoms with van der Waals surface area (Å²) in [7, 11) is 1.85. The molecule has 8 heteroatoms. The van der Waals surface area contributed by atoms with E-state index in [-0.39, 0.29) is 5.69 Å². The lowest BCUT2D eigenvalue weighted by molar-refractivity contribution is -0.383. The number of rotatable bonds is 4. The molecule has 0 fully saturated rings. The molecule has 2 heterocycles. The van der Waals surface area contributed by atoms with Gasteiger partial charge < -0.3 is 9.88 Å². The Bertz CT molecular complexity index is 813. The van der Waals surface area contributed by atoms with Crippen LogP contribution >= 0.6 is 0 Å². The minimum absolute atomic E-state index is 0.00481. The molecule has 0 aliphatic carbocycles. The van der Waals surface area contributed by atoms with E-state index in [0.717, 1.165) is 11.5 Å². The quantitative estimate of drug-likeness (QED) is 0.580. The van der Waals surface area contributed by atoms with Crippen LogP contribution < -0.4 is 5.32 Å². The SMILES string of the molecule is Cn1cnnc1CNc1ccc([N+](=O)[O-])c2ncccc12. The normalized spacial score (nSPS) is 10.7. The van der Waals surface area contributed by atoms with Crippen molar-refractivity contribution in [1.29, 1.82) is 0 Å².